The molecule has 0 aliphatic carbocycles. The maximum atomic E-state index is 9.65. The van der Waals surface area contributed by atoms with Crippen LogP contribution >= 0.6 is 0 Å². The molecule has 0 aromatic heterocycles. The maximum Gasteiger partial charge on any atom is 0.217 e. The zero-order valence-electron chi connectivity index (χ0n) is 17.7. The SMILES string of the molecule is CC(O)COS(=O)(=O)[O-].CCCC[N+](CCCC)(CCCC)CCCC. The van der Waals surface area contributed by atoms with Gasteiger partial charge in [-0.05, 0) is 32.6 Å². The Hall–Kier alpha value is -0.210. The fourth-order valence-electron chi connectivity index (χ4n) is 2.83. The summed E-state index contributed by atoms with van der Waals surface area (Å²) in [5, 5.41) is 8.39. The van der Waals surface area contributed by atoms with E-state index >= 15 is 0 Å². The summed E-state index contributed by atoms with van der Waals surface area (Å²) in [6.07, 6.45) is 10.1. The van der Waals surface area contributed by atoms with E-state index in [9.17, 15) is 13.0 Å². The smallest absolute Gasteiger partial charge is 0.217 e. The van der Waals surface area contributed by atoms with E-state index in [1.54, 1.807) is 0 Å². The van der Waals surface area contributed by atoms with Crippen molar-refractivity contribution in [1.29, 1.82) is 0 Å². The van der Waals surface area contributed by atoms with Gasteiger partial charge in [0, 0.05) is 0 Å². The van der Waals surface area contributed by atoms with E-state index in [4.69, 9.17) is 5.11 Å². The molecule has 0 aromatic carbocycles. The van der Waals surface area contributed by atoms with Crippen LogP contribution < -0.4 is 0 Å². The first-order valence-electron chi connectivity index (χ1n) is 10.3. The van der Waals surface area contributed by atoms with Crippen LogP contribution in [0, 0.1) is 0 Å². The van der Waals surface area contributed by atoms with Gasteiger partial charge < -0.3 is 14.1 Å². The Morgan fingerprint density at radius 3 is 1.31 bits per heavy atom. The number of rotatable bonds is 15. The summed E-state index contributed by atoms with van der Waals surface area (Å²) in [4.78, 5) is 0. The average molecular weight is 398 g/mol. The summed E-state index contributed by atoms with van der Waals surface area (Å²) >= 11 is 0. The van der Waals surface area contributed by atoms with E-state index in [1.807, 2.05) is 0 Å². The minimum Gasteiger partial charge on any atom is -0.726 e. The molecule has 0 rings (SSSR count). The first-order valence-corrected chi connectivity index (χ1v) is 11.6. The van der Waals surface area contributed by atoms with E-state index in [0.717, 1.165) is 0 Å². The standard InChI is InChI=1S/C16H36N.C3H8O5S/c1-5-9-13-17(14-10-6-2,15-11-7-3)16-12-8-4;1-3(4)2-8-9(5,6)7/h5-16H2,1-4H3;3-4H,2H2,1H3,(H,5,6,7)/q+1;/p-1. The van der Waals surface area contributed by atoms with Gasteiger partial charge in [-0.3, -0.25) is 4.18 Å². The maximum absolute atomic E-state index is 9.65. The number of unbranched alkanes of at least 4 members (excludes halogenated alkanes) is 4. The molecule has 1 atom stereocenters. The third kappa shape index (κ3) is 18.6. The Morgan fingerprint density at radius 2 is 1.15 bits per heavy atom. The molecule has 7 heteroatoms. The minimum atomic E-state index is -4.63. The summed E-state index contributed by atoms with van der Waals surface area (Å²) in [5.74, 6) is 0. The summed E-state index contributed by atoms with van der Waals surface area (Å²) in [6.45, 7) is 15.8. The Kier molecular flexibility index (Phi) is 18.2. The van der Waals surface area contributed by atoms with E-state index < -0.39 is 23.1 Å². The molecule has 160 valence electrons. The number of aliphatic hydroxyl groups is 1. The van der Waals surface area contributed by atoms with Crippen molar-refractivity contribution in [3.8, 4) is 0 Å². The second-order valence-electron chi connectivity index (χ2n) is 7.19. The Morgan fingerprint density at radius 1 is 0.846 bits per heavy atom. The topological polar surface area (TPSA) is 86.7 Å². The fraction of sp³-hybridized carbons (Fsp3) is 1.00. The predicted octanol–water partition coefficient (Wildman–Crippen LogP) is 3.85. The monoisotopic (exact) mass is 397 g/mol. The second kappa shape index (κ2) is 16.9. The van der Waals surface area contributed by atoms with Crippen LogP contribution in [-0.4, -0.2) is 61.4 Å². The molecule has 26 heavy (non-hydrogen) atoms. The van der Waals surface area contributed by atoms with Crippen LogP contribution in [-0.2, 0) is 14.6 Å². The van der Waals surface area contributed by atoms with E-state index in [1.165, 1.54) is 89.0 Å². The Balaban J connectivity index is 0. The quantitative estimate of drug-likeness (QED) is 0.258. The van der Waals surface area contributed by atoms with Gasteiger partial charge in [0.1, 0.15) is 0 Å². The molecule has 1 unspecified atom stereocenters. The predicted molar refractivity (Wildman–Crippen MR) is 107 cm³/mol. The molecule has 0 aromatic rings. The molecule has 0 fully saturated rings. The lowest BCUT2D eigenvalue weighted by Crippen LogP contribution is -2.50. The Bertz CT molecular complexity index is 361. The molecule has 0 aliphatic heterocycles. The Labute approximate surface area is 162 Å². The van der Waals surface area contributed by atoms with Gasteiger partial charge in [0.25, 0.3) is 0 Å². The molecular weight excluding hydrogens is 354 g/mol. The first kappa shape index (κ1) is 28.0. The fourth-order valence-corrected chi connectivity index (χ4v) is 3.19. The molecule has 0 heterocycles. The second-order valence-corrected chi connectivity index (χ2v) is 8.24. The van der Waals surface area contributed by atoms with Crippen molar-refractivity contribution in [3.63, 3.8) is 0 Å². The molecule has 0 bridgehead atoms. The molecule has 1 N–H and O–H groups in total. The van der Waals surface area contributed by atoms with Crippen LogP contribution in [0.3, 0.4) is 0 Å². The number of quaternary nitrogens is 1. The van der Waals surface area contributed by atoms with Gasteiger partial charge in [-0.15, -0.1) is 0 Å². The highest BCUT2D eigenvalue weighted by molar-refractivity contribution is 7.80. The summed E-state index contributed by atoms with van der Waals surface area (Å²) < 4.78 is 34.0. The van der Waals surface area contributed by atoms with Gasteiger partial charge in [0.15, 0.2) is 0 Å². The third-order valence-electron chi connectivity index (χ3n) is 4.40. The van der Waals surface area contributed by atoms with E-state index in [-0.39, 0.29) is 0 Å². The summed E-state index contributed by atoms with van der Waals surface area (Å²) in [7, 11) is -4.63. The van der Waals surface area contributed by atoms with Crippen LogP contribution in [0.2, 0.25) is 0 Å². The van der Waals surface area contributed by atoms with Gasteiger partial charge in [0.05, 0.1) is 38.9 Å². The zero-order valence-corrected chi connectivity index (χ0v) is 18.5. The van der Waals surface area contributed by atoms with Crippen LogP contribution in [0.5, 0.6) is 0 Å². The minimum absolute atomic E-state index is 0.480. The van der Waals surface area contributed by atoms with E-state index in [2.05, 4.69) is 31.9 Å². The van der Waals surface area contributed by atoms with Gasteiger partial charge in [-0.2, -0.15) is 0 Å². The summed E-state index contributed by atoms with van der Waals surface area (Å²) in [5.41, 5.74) is 0. The van der Waals surface area contributed by atoms with Crippen LogP contribution in [0.25, 0.3) is 0 Å². The molecule has 0 saturated heterocycles. The van der Waals surface area contributed by atoms with Crippen molar-refractivity contribution in [2.24, 2.45) is 0 Å². The third-order valence-corrected chi connectivity index (χ3v) is 4.82. The van der Waals surface area contributed by atoms with Gasteiger partial charge >= 0.3 is 0 Å². The van der Waals surface area contributed by atoms with Crippen LogP contribution in [0.15, 0.2) is 0 Å². The van der Waals surface area contributed by atoms with Gasteiger partial charge in [-0.1, -0.05) is 53.4 Å². The lowest BCUT2D eigenvalue weighted by Gasteiger charge is -2.39. The summed E-state index contributed by atoms with van der Waals surface area (Å²) in [6, 6.07) is 0. The number of aliphatic hydroxyl groups excluding tert-OH is 1. The van der Waals surface area contributed by atoms with Crippen LogP contribution in [0.1, 0.15) is 86.0 Å². The van der Waals surface area contributed by atoms with Gasteiger partial charge in [0.2, 0.25) is 10.4 Å². The molecule has 0 radical (unpaired) electrons. The largest absolute Gasteiger partial charge is 0.726 e. The molecule has 6 nitrogen and oxygen atoms in total. The highest BCUT2D eigenvalue weighted by Crippen LogP contribution is 2.16. The number of nitrogens with zero attached hydrogens (tertiary/aromatic N) is 1. The van der Waals surface area contributed by atoms with Crippen molar-refractivity contribution >= 4 is 10.4 Å². The highest BCUT2D eigenvalue weighted by atomic mass is 32.3. The van der Waals surface area contributed by atoms with Crippen molar-refractivity contribution in [3.05, 3.63) is 0 Å². The molecule has 0 saturated carbocycles. The molecule has 0 aliphatic rings. The molecular formula is C19H43NO5S. The van der Waals surface area contributed by atoms with Crippen molar-refractivity contribution in [1.82, 2.24) is 0 Å². The lowest BCUT2D eigenvalue weighted by molar-refractivity contribution is -0.929. The average Bonchev–Trinajstić information content (AvgIpc) is 2.59. The number of hydrogen-bond acceptors (Lipinski definition) is 5. The zero-order chi connectivity index (χ0) is 20.5. The van der Waals surface area contributed by atoms with Crippen molar-refractivity contribution in [2.45, 2.75) is 92.1 Å². The molecule has 0 amide bonds. The highest BCUT2D eigenvalue weighted by Gasteiger charge is 2.24. The first-order chi connectivity index (χ1) is 12.2. The normalized spacial score (nSPS) is 13.2. The van der Waals surface area contributed by atoms with Gasteiger partial charge in [-0.25, -0.2) is 8.42 Å². The van der Waals surface area contributed by atoms with Crippen LogP contribution in [0.4, 0.5) is 0 Å². The van der Waals surface area contributed by atoms with Crippen molar-refractivity contribution < 1.29 is 26.7 Å². The molecule has 0 spiro atoms. The number of hydrogen-bond donors (Lipinski definition) is 1. The van der Waals surface area contributed by atoms with Crippen molar-refractivity contribution in [2.75, 3.05) is 32.8 Å². The lowest BCUT2D eigenvalue weighted by atomic mass is 10.1. The van der Waals surface area contributed by atoms with E-state index in [0.29, 0.717) is 0 Å².